The van der Waals surface area contributed by atoms with E-state index in [1.807, 2.05) is 6.07 Å². The third-order valence-electron chi connectivity index (χ3n) is 3.96. The van der Waals surface area contributed by atoms with Gasteiger partial charge in [0.25, 0.3) is 0 Å². The number of aliphatic imine (C=N–C) groups is 1. The molecule has 0 radical (unpaired) electrons. The minimum Gasteiger partial charge on any atom is -0.356 e. The van der Waals surface area contributed by atoms with E-state index in [2.05, 4.69) is 36.4 Å². The lowest BCUT2D eigenvalue weighted by molar-refractivity contribution is 0.502. The molecule has 0 aliphatic heterocycles. The molecule has 2 atom stereocenters. The first-order chi connectivity index (χ1) is 9.42. The first-order valence-electron chi connectivity index (χ1n) is 7.15. The first kappa shape index (κ1) is 14.8. The molecule has 0 bridgehead atoms. The van der Waals surface area contributed by atoms with Crippen molar-refractivity contribution in [2.45, 2.75) is 38.6 Å². The SMILES string of the molecule is CN=C(NCC(C)(C)c1cccc(F)c1)NC1CC1C. The molecule has 0 heterocycles. The van der Waals surface area contributed by atoms with E-state index in [4.69, 9.17) is 0 Å². The van der Waals surface area contributed by atoms with Gasteiger partial charge in [-0.05, 0) is 30.0 Å². The predicted octanol–water partition coefficient (Wildman–Crippen LogP) is 2.68. The van der Waals surface area contributed by atoms with Crippen LogP contribution in [-0.2, 0) is 5.41 Å². The predicted molar refractivity (Wildman–Crippen MR) is 81.5 cm³/mol. The van der Waals surface area contributed by atoms with Gasteiger partial charge in [0.1, 0.15) is 5.82 Å². The molecular formula is C16H24FN3. The van der Waals surface area contributed by atoms with E-state index in [-0.39, 0.29) is 11.2 Å². The van der Waals surface area contributed by atoms with Crippen LogP contribution < -0.4 is 10.6 Å². The molecule has 0 aromatic heterocycles. The molecule has 0 amide bonds. The molecule has 2 N–H and O–H groups in total. The minimum absolute atomic E-state index is 0.158. The van der Waals surface area contributed by atoms with E-state index in [9.17, 15) is 4.39 Å². The van der Waals surface area contributed by atoms with Gasteiger partial charge in [0, 0.05) is 25.0 Å². The smallest absolute Gasteiger partial charge is 0.191 e. The maximum absolute atomic E-state index is 13.3. The third-order valence-corrected chi connectivity index (χ3v) is 3.96. The Labute approximate surface area is 120 Å². The molecular weight excluding hydrogens is 253 g/mol. The van der Waals surface area contributed by atoms with Crippen LogP contribution in [0.1, 0.15) is 32.8 Å². The summed E-state index contributed by atoms with van der Waals surface area (Å²) in [5, 5.41) is 6.73. The minimum atomic E-state index is -0.190. The van der Waals surface area contributed by atoms with Crippen molar-refractivity contribution in [2.24, 2.45) is 10.9 Å². The van der Waals surface area contributed by atoms with Gasteiger partial charge in [0.15, 0.2) is 5.96 Å². The third kappa shape index (κ3) is 3.71. The lowest BCUT2D eigenvalue weighted by Gasteiger charge is -2.27. The average molecular weight is 277 g/mol. The van der Waals surface area contributed by atoms with Gasteiger partial charge < -0.3 is 10.6 Å². The van der Waals surface area contributed by atoms with Crippen LogP contribution in [0.25, 0.3) is 0 Å². The van der Waals surface area contributed by atoms with Gasteiger partial charge in [-0.2, -0.15) is 0 Å². The van der Waals surface area contributed by atoms with Crippen molar-refractivity contribution >= 4 is 5.96 Å². The molecule has 0 saturated heterocycles. The van der Waals surface area contributed by atoms with Gasteiger partial charge in [-0.15, -0.1) is 0 Å². The van der Waals surface area contributed by atoms with Crippen molar-refractivity contribution in [3.8, 4) is 0 Å². The summed E-state index contributed by atoms with van der Waals surface area (Å²) in [6, 6.07) is 7.33. The maximum Gasteiger partial charge on any atom is 0.191 e. The van der Waals surface area contributed by atoms with E-state index in [0.717, 1.165) is 17.4 Å². The summed E-state index contributed by atoms with van der Waals surface area (Å²) < 4.78 is 13.3. The highest BCUT2D eigenvalue weighted by atomic mass is 19.1. The Morgan fingerprint density at radius 3 is 2.70 bits per heavy atom. The van der Waals surface area contributed by atoms with Crippen LogP contribution >= 0.6 is 0 Å². The van der Waals surface area contributed by atoms with Gasteiger partial charge in [-0.25, -0.2) is 4.39 Å². The zero-order chi connectivity index (χ0) is 14.8. The van der Waals surface area contributed by atoms with Crippen LogP contribution in [0.2, 0.25) is 0 Å². The number of rotatable bonds is 4. The number of hydrogen-bond donors (Lipinski definition) is 2. The fourth-order valence-corrected chi connectivity index (χ4v) is 2.21. The van der Waals surface area contributed by atoms with Crippen molar-refractivity contribution in [3.63, 3.8) is 0 Å². The number of nitrogens with one attached hydrogen (secondary N) is 2. The molecule has 2 rings (SSSR count). The molecule has 110 valence electrons. The summed E-state index contributed by atoms with van der Waals surface area (Å²) in [7, 11) is 1.78. The molecule has 4 heteroatoms. The van der Waals surface area contributed by atoms with Gasteiger partial charge in [0.05, 0.1) is 0 Å². The van der Waals surface area contributed by atoms with Gasteiger partial charge >= 0.3 is 0 Å². The lowest BCUT2D eigenvalue weighted by Crippen LogP contribution is -2.44. The number of benzene rings is 1. The average Bonchev–Trinajstić information content (AvgIpc) is 3.10. The number of halogens is 1. The second-order valence-corrected chi connectivity index (χ2v) is 6.28. The molecule has 1 saturated carbocycles. The van der Waals surface area contributed by atoms with Crippen LogP contribution in [-0.4, -0.2) is 25.6 Å². The topological polar surface area (TPSA) is 36.4 Å². The molecule has 20 heavy (non-hydrogen) atoms. The number of guanidine groups is 1. The summed E-state index contributed by atoms with van der Waals surface area (Å²) >= 11 is 0. The van der Waals surface area contributed by atoms with Crippen molar-refractivity contribution in [2.75, 3.05) is 13.6 Å². The van der Waals surface area contributed by atoms with Crippen molar-refractivity contribution in [3.05, 3.63) is 35.6 Å². The van der Waals surface area contributed by atoms with Gasteiger partial charge in [0.2, 0.25) is 0 Å². The highest BCUT2D eigenvalue weighted by molar-refractivity contribution is 5.80. The summed E-state index contributed by atoms with van der Waals surface area (Å²) in [5.41, 5.74) is 0.828. The summed E-state index contributed by atoms with van der Waals surface area (Å²) in [5.74, 6) is 1.36. The Hall–Kier alpha value is -1.58. The largest absolute Gasteiger partial charge is 0.356 e. The molecule has 3 nitrogen and oxygen atoms in total. The fraction of sp³-hybridized carbons (Fsp3) is 0.562. The maximum atomic E-state index is 13.3. The Kier molecular flexibility index (Phi) is 4.31. The fourth-order valence-electron chi connectivity index (χ4n) is 2.21. The van der Waals surface area contributed by atoms with E-state index in [1.165, 1.54) is 12.5 Å². The summed E-state index contributed by atoms with van der Waals surface area (Å²) in [4.78, 5) is 4.24. The number of nitrogens with zero attached hydrogens (tertiary/aromatic N) is 1. The van der Waals surface area contributed by atoms with Crippen LogP contribution in [0.5, 0.6) is 0 Å². The number of hydrogen-bond acceptors (Lipinski definition) is 1. The molecule has 1 aromatic carbocycles. The summed E-state index contributed by atoms with van der Waals surface area (Å²) in [6.45, 7) is 7.13. The van der Waals surface area contributed by atoms with Crippen LogP contribution in [0.15, 0.2) is 29.3 Å². The molecule has 1 fully saturated rings. The standard InChI is InChI=1S/C16H24FN3/c1-11-8-14(11)20-15(18-4)19-10-16(2,3)12-6-5-7-13(17)9-12/h5-7,9,11,14H,8,10H2,1-4H3,(H2,18,19,20). The molecule has 1 aliphatic carbocycles. The highest BCUT2D eigenvalue weighted by Gasteiger charge is 2.33. The molecule has 1 aromatic rings. The normalized spacial score (nSPS) is 22.6. The van der Waals surface area contributed by atoms with E-state index in [1.54, 1.807) is 19.2 Å². The zero-order valence-corrected chi connectivity index (χ0v) is 12.7. The van der Waals surface area contributed by atoms with Crippen molar-refractivity contribution < 1.29 is 4.39 Å². The molecule has 1 aliphatic rings. The Morgan fingerprint density at radius 1 is 1.45 bits per heavy atom. The van der Waals surface area contributed by atoms with E-state index < -0.39 is 0 Å². The van der Waals surface area contributed by atoms with Crippen molar-refractivity contribution in [1.29, 1.82) is 0 Å². The quantitative estimate of drug-likeness (QED) is 0.656. The van der Waals surface area contributed by atoms with E-state index >= 15 is 0 Å². The summed E-state index contributed by atoms with van der Waals surface area (Å²) in [6.07, 6.45) is 1.20. The van der Waals surface area contributed by atoms with Gasteiger partial charge in [-0.1, -0.05) is 32.9 Å². The second-order valence-electron chi connectivity index (χ2n) is 6.28. The highest BCUT2D eigenvalue weighted by Crippen LogP contribution is 2.29. The van der Waals surface area contributed by atoms with Gasteiger partial charge in [-0.3, -0.25) is 4.99 Å². The van der Waals surface area contributed by atoms with Crippen LogP contribution in [0, 0.1) is 11.7 Å². The van der Waals surface area contributed by atoms with Crippen LogP contribution in [0.3, 0.4) is 0 Å². The Balaban J connectivity index is 1.94. The second kappa shape index (κ2) is 5.81. The molecule has 0 spiro atoms. The monoisotopic (exact) mass is 277 g/mol. The van der Waals surface area contributed by atoms with E-state index in [0.29, 0.717) is 12.6 Å². The Bertz CT molecular complexity index is 496. The zero-order valence-electron chi connectivity index (χ0n) is 12.7. The van der Waals surface area contributed by atoms with Crippen LogP contribution in [0.4, 0.5) is 4.39 Å². The Morgan fingerprint density at radius 2 is 2.15 bits per heavy atom. The first-order valence-corrected chi connectivity index (χ1v) is 7.15. The van der Waals surface area contributed by atoms with Crippen molar-refractivity contribution in [1.82, 2.24) is 10.6 Å². The lowest BCUT2D eigenvalue weighted by atomic mass is 9.84. The molecule has 2 unspecified atom stereocenters.